The minimum Gasteiger partial charge on any atom is -0.381 e. The molecule has 2 fully saturated rings. The molecular formula is C20H24ClF3N4O3S. The second kappa shape index (κ2) is 8.85. The zero-order valence-electron chi connectivity index (χ0n) is 17.3. The number of alkyl halides is 3. The van der Waals surface area contributed by atoms with Crippen LogP contribution in [0.1, 0.15) is 18.4 Å². The molecule has 4 rings (SSSR count). The highest BCUT2D eigenvalue weighted by Gasteiger charge is 2.44. The maximum absolute atomic E-state index is 13.3. The van der Waals surface area contributed by atoms with Crippen LogP contribution < -0.4 is 5.32 Å². The molecule has 2 aliphatic heterocycles. The summed E-state index contributed by atoms with van der Waals surface area (Å²) in [7, 11) is -2.15. The first-order chi connectivity index (χ1) is 15.1. The lowest BCUT2D eigenvalue weighted by Gasteiger charge is -2.31. The van der Waals surface area contributed by atoms with Gasteiger partial charge in [-0.25, -0.2) is 13.4 Å². The molecule has 2 aromatic rings. The van der Waals surface area contributed by atoms with Gasteiger partial charge in [-0.2, -0.15) is 17.5 Å². The van der Waals surface area contributed by atoms with Crippen molar-refractivity contribution in [1.82, 2.24) is 13.9 Å². The summed E-state index contributed by atoms with van der Waals surface area (Å²) in [6.45, 7) is 1.51. The first kappa shape index (κ1) is 23.3. The van der Waals surface area contributed by atoms with Crippen LogP contribution in [-0.4, -0.2) is 54.6 Å². The van der Waals surface area contributed by atoms with Crippen LogP contribution in [0.25, 0.3) is 0 Å². The highest BCUT2D eigenvalue weighted by Crippen LogP contribution is 2.38. The number of sulfonamides is 1. The average molecular weight is 493 g/mol. The molecule has 0 bridgehead atoms. The summed E-state index contributed by atoms with van der Waals surface area (Å²) in [5.41, 5.74) is -0.691. The average Bonchev–Trinajstić information content (AvgIpc) is 3.36. The Bertz CT molecular complexity index is 1070. The molecule has 0 amide bonds. The molecule has 12 heteroatoms. The van der Waals surface area contributed by atoms with Crippen molar-refractivity contribution in [2.75, 3.05) is 31.6 Å². The smallest absolute Gasteiger partial charge is 0.381 e. The lowest BCUT2D eigenvalue weighted by atomic mass is 9.84. The maximum atomic E-state index is 13.3. The lowest BCUT2D eigenvalue weighted by Crippen LogP contribution is -2.36. The van der Waals surface area contributed by atoms with Gasteiger partial charge < -0.3 is 14.6 Å². The van der Waals surface area contributed by atoms with E-state index in [0.29, 0.717) is 13.2 Å². The Morgan fingerprint density at radius 1 is 1.28 bits per heavy atom. The Kier molecular flexibility index (Phi) is 6.45. The molecule has 2 saturated heterocycles. The number of aromatic nitrogens is 2. The molecule has 0 saturated carbocycles. The Labute approximate surface area is 189 Å². The minimum absolute atomic E-state index is 0.0508. The van der Waals surface area contributed by atoms with Gasteiger partial charge in [0, 0.05) is 51.3 Å². The topological polar surface area (TPSA) is 76.5 Å². The van der Waals surface area contributed by atoms with E-state index in [4.69, 9.17) is 16.3 Å². The van der Waals surface area contributed by atoms with E-state index in [1.165, 1.54) is 29.0 Å². The van der Waals surface area contributed by atoms with Gasteiger partial charge in [0.1, 0.15) is 0 Å². The van der Waals surface area contributed by atoms with Gasteiger partial charge in [0.25, 0.3) is 10.0 Å². The third kappa shape index (κ3) is 4.75. The number of benzene rings is 1. The second-order valence-corrected chi connectivity index (χ2v) is 10.6. The first-order valence-electron chi connectivity index (χ1n) is 10.2. The quantitative estimate of drug-likeness (QED) is 0.690. The molecular weight excluding hydrogens is 469 g/mol. The van der Waals surface area contributed by atoms with Gasteiger partial charge in [-0.3, -0.25) is 0 Å². The number of ether oxygens (including phenoxy) is 1. The van der Waals surface area contributed by atoms with Gasteiger partial charge in [0.15, 0.2) is 5.03 Å². The Morgan fingerprint density at radius 2 is 2.06 bits per heavy atom. The molecule has 32 heavy (non-hydrogen) atoms. The summed E-state index contributed by atoms with van der Waals surface area (Å²) in [5, 5.41) is 2.71. The van der Waals surface area contributed by atoms with Crippen LogP contribution in [0.15, 0.2) is 35.7 Å². The molecule has 3 heterocycles. The summed E-state index contributed by atoms with van der Waals surface area (Å²) in [5.74, 6) is -0.0293. The highest BCUT2D eigenvalue weighted by atomic mass is 35.5. The van der Waals surface area contributed by atoms with Crippen molar-refractivity contribution in [2.24, 2.45) is 18.9 Å². The Hall–Kier alpha value is -1.82. The molecule has 1 aromatic carbocycles. The number of nitrogens with one attached hydrogen (secondary N) is 1. The predicted molar refractivity (Wildman–Crippen MR) is 113 cm³/mol. The summed E-state index contributed by atoms with van der Waals surface area (Å²) in [6, 6.07) is 3.25. The summed E-state index contributed by atoms with van der Waals surface area (Å²) >= 11 is 5.74. The zero-order chi connectivity index (χ0) is 23.1. The number of anilines is 1. The van der Waals surface area contributed by atoms with Crippen molar-refractivity contribution in [3.8, 4) is 0 Å². The van der Waals surface area contributed by atoms with E-state index in [0.717, 1.165) is 18.9 Å². The van der Waals surface area contributed by atoms with E-state index in [1.807, 2.05) is 0 Å². The van der Waals surface area contributed by atoms with Crippen molar-refractivity contribution < 1.29 is 26.3 Å². The van der Waals surface area contributed by atoms with Crippen LogP contribution in [0, 0.1) is 11.8 Å². The molecule has 176 valence electrons. The largest absolute Gasteiger partial charge is 0.417 e. The van der Waals surface area contributed by atoms with Crippen molar-refractivity contribution in [3.63, 3.8) is 0 Å². The van der Waals surface area contributed by atoms with E-state index < -0.39 is 21.8 Å². The van der Waals surface area contributed by atoms with Gasteiger partial charge in [0.2, 0.25) is 0 Å². The van der Waals surface area contributed by atoms with Gasteiger partial charge in [0.05, 0.1) is 16.9 Å². The van der Waals surface area contributed by atoms with E-state index in [9.17, 15) is 21.6 Å². The number of imidazole rings is 1. The number of rotatable bonds is 5. The van der Waals surface area contributed by atoms with Crippen LogP contribution in [-0.2, 0) is 28.0 Å². The number of aryl methyl sites for hydroxylation is 1. The number of nitrogens with zero attached hydrogens (tertiary/aromatic N) is 3. The number of hydrogen-bond acceptors (Lipinski definition) is 5. The van der Waals surface area contributed by atoms with Gasteiger partial charge in [-0.1, -0.05) is 11.6 Å². The predicted octanol–water partition coefficient (Wildman–Crippen LogP) is 3.62. The highest BCUT2D eigenvalue weighted by molar-refractivity contribution is 7.89. The molecule has 1 N–H and O–H groups in total. The summed E-state index contributed by atoms with van der Waals surface area (Å²) < 4.78 is 74.6. The zero-order valence-corrected chi connectivity index (χ0v) is 18.9. The van der Waals surface area contributed by atoms with E-state index in [2.05, 4.69) is 10.3 Å². The SMILES string of the molecule is Cn1cnc(S(=O)(=O)N2CC(Nc3ccc(Cl)c(C(F)(F)F)c3)C([C@@H]3CCCOC3)C2)c1. The second-order valence-electron chi connectivity index (χ2n) is 8.28. The van der Waals surface area contributed by atoms with Crippen LogP contribution in [0.4, 0.5) is 18.9 Å². The van der Waals surface area contributed by atoms with Crippen LogP contribution in [0.3, 0.4) is 0 Å². The monoisotopic (exact) mass is 492 g/mol. The Morgan fingerprint density at radius 3 is 2.69 bits per heavy atom. The molecule has 0 spiro atoms. The van der Waals surface area contributed by atoms with Crippen molar-refractivity contribution >= 4 is 27.3 Å². The standard InChI is InChI=1S/C20H24ClF3N4O3S/c1-27-10-19(25-12-27)32(29,30)28-8-15(13-3-2-6-31-11-13)18(9-28)26-14-4-5-17(21)16(7-14)20(22,23)24/h4-5,7,10,12-13,15,18,26H,2-3,6,8-9,11H2,1H3/t13-,15?,18?/m1/s1. The molecule has 1 aromatic heterocycles. The normalized spacial score (nSPS) is 25.2. The van der Waals surface area contributed by atoms with E-state index in [-0.39, 0.29) is 46.7 Å². The Balaban J connectivity index is 1.61. The maximum Gasteiger partial charge on any atom is 0.417 e. The van der Waals surface area contributed by atoms with Crippen molar-refractivity contribution in [1.29, 1.82) is 0 Å². The molecule has 7 nitrogen and oxygen atoms in total. The summed E-state index contributed by atoms with van der Waals surface area (Å²) in [6.07, 6.45) is -0.00859. The van der Waals surface area contributed by atoms with Crippen LogP contribution >= 0.6 is 11.6 Å². The van der Waals surface area contributed by atoms with Crippen molar-refractivity contribution in [3.05, 3.63) is 41.3 Å². The molecule has 0 radical (unpaired) electrons. The van der Waals surface area contributed by atoms with Gasteiger partial charge in [-0.15, -0.1) is 0 Å². The molecule has 0 aliphatic carbocycles. The van der Waals surface area contributed by atoms with Crippen LogP contribution in [0.5, 0.6) is 0 Å². The van der Waals surface area contributed by atoms with E-state index in [1.54, 1.807) is 11.6 Å². The van der Waals surface area contributed by atoms with Crippen LogP contribution in [0.2, 0.25) is 5.02 Å². The fourth-order valence-corrected chi connectivity index (χ4v) is 6.12. The van der Waals surface area contributed by atoms with Crippen molar-refractivity contribution in [2.45, 2.75) is 30.1 Å². The minimum atomic E-state index is -4.59. The van der Waals surface area contributed by atoms with Gasteiger partial charge >= 0.3 is 6.18 Å². The first-order valence-corrected chi connectivity index (χ1v) is 12.1. The lowest BCUT2D eigenvalue weighted by molar-refractivity contribution is -0.137. The molecule has 2 aliphatic rings. The molecule has 2 unspecified atom stereocenters. The fraction of sp³-hybridized carbons (Fsp3) is 0.550. The number of halogens is 4. The number of hydrogen-bond donors (Lipinski definition) is 1. The third-order valence-corrected chi connectivity index (χ3v) is 8.09. The fourth-order valence-electron chi connectivity index (χ4n) is 4.42. The third-order valence-electron chi connectivity index (χ3n) is 6.04. The van der Waals surface area contributed by atoms with Gasteiger partial charge in [-0.05, 0) is 42.9 Å². The van der Waals surface area contributed by atoms with E-state index >= 15 is 0 Å². The summed E-state index contributed by atoms with van der Waals surface area (Å²) in [4.78, 5) is 3.98. The molecule has 3 atom stereocenters.